The van der Waals surface area contributed by atoms with Crippen molar-refractivity contribution in [2.45, 2.75) is 51.9 Å². The third-order valence-corrected chi connectivity index (χ3v) is 3.89. The van der Waals surface area contributed by atoms with Gasteiger partial charge in [-0.25, -0.2) is 0 Å². The molecule has 0 saturated carbocycles. The van der Waals surface area contributed by atoms with Crippen molar-refractivity contribution in [3.05, 3.63) is 30.3 Å². The molecule has 6 heteroatoms. The molecule has 0 spiro atoms. The van der Waals surface area contributed by atoms with Gasteiger partial charge in [0.15, 0.2) is 0 Å². The molecular weight excluding hydrogens is 298 g/mol. The molecule has 1 aromatic carbocycles. The second-order valence-corrected chi connectivity index (χ2v) is 6.14. The number of phosphoric acid groups is 1. The third-order valence-electron chi connectivity index (χ3n) is 2.96. The van der Waals surface area contributed by atoms with Gasteiger partial charge < -0.3 is 13.9 Å². The van der Waals surface area contributed by atoms with Crippen LogP contribution in [0.1, 0.15) is 51.9 Å². The van der Waals surface area contributed by atoms with E-state index in [1.807, 2.05) is 0 Å². The van der Waals surface area contributed by atoms with Gasteiger partial charge in [0.05, 0.1) is 6.61 Å². The van der Waals surface area contributed by atoms with Gasteiger partial charge in [-0.15, -0.1) is 0 Å². The largest absolute Gasteiger partial charge is 1.00 e. The predicted octanol–water partition coefficient (Wildman–Crippen LogP) is 1.30. The summed E-state index contributed by atoms with van der Waals surface area (Å²) in [5, 5.41) is 0. The quantitative estimate of drug-likeness (QED) is 0.350. The van der Waals surface area contributed by atoms with Gasteiger partial charge in [0, 0.05) is 0 Å². The molecule has 0 radical (unpaired) electrons. The first kappa shape index (κ1) is 21.2. The van der Waals surface area contributed by atoms with E-state index in [2.05, 4.69) is 6.92 Å². The fourth-order valence-electron chi connectivity index (χ4n) is 1.87. The van der Waals surface area contributed by atoms with Gasteiger partial charge in [0.1, 0.15) is 5.75 Å². The van der Waals surface area contributed by atoms with Crippen molar-refractivity contribution >= 4 is 7.82 Å². The molecule has 0 heterocycles. The van der Waals surface area contributed by atoms with Crippen LogP contribution in [0.3, 0.4) is 0 Å². The molecule has 114 valence electrons. The van der Waals surface area contributed by atoms with E-state index in [0.29, 0.717) is 0 Å². The Morgan fingerprint density at radius 2 is 1.57 bits per heavy atom. The smallest absolute Gasteiger partial charge is 0.746 e. The Labute approximate surface area is 150 Å². The molecule has 1 atom stereocenters. The zero-order chi connectivity index (χ0) is 14.7. The van der Waals surface area contributed by atoms with Crippen LogP contribution in [0.15, 0.2) is 30.3 Å². The van der Waals surface area contributed by atoms with Gasteiger partial charge in [0.25, 0.3) is 0 Å². The van der Waals surface area contributed by atoms with Crippen LogP contribution in [0.4, 0.5) is 0 Å². The topological polar surface area (TPSA) is 58.6 Å². The standard InChI is InChI=1S/C15H25O4P.Na/c1-2-3-4-5-6-7-11-14-18-20(16,17)19-15-12-9-8-10-13-15;/h8-10,12-13H,2-7,11,14H2,1H3,(H,16,17);/q;+1/p-1. The van der Waals surface area contributed by atoms with Crippen molar-refractivity contribution in [3.63, 3.8) is 0 Å². The molecule has 0 N–H and O–H groups in total. The first-order valence-corrected chi connectivity index (χ1v) is 8.80. The molecule has 21 heavy (non-hydrogen) atoms. The maximum Gasteiger partial charge on any atom is 1.00 e. The summed E-state index contributed by atoms with van der Waals surface area (Å²) in [7, 11) is -4.23. The summed E-state index contributed by atoms with van der Waals surface area (Å²) >= 11 is 0. The first-order chi connectivity index (χ1) is 9.64. The third kappa shape index (κ3) is 11.4. The molecule has 0 bridgehead atoms. The second kappa shape index (κ2) is 12.7. The number of unbranched alkanes of at least 4 members (excludes halogenated alkanes) is 6. The minimum Gasteiger partial charge on any atom is -0.746 e. The summed E-state index contributed by atoms with van der Waals surface area (Å²) in [6.07, 6.45) is 7.85. The zero-order valence-corrected chi connectivity index (χ0v) is 16.0. The Kier molecular flexibility index (Phi) is 12.8. The first-order valence-electron chi connectivity index (χ1n) is 7.34. The van der Waals surface area contributed by atoms with E-state index >= 15 is 0 Å². The molecule has 0 fully saturated rings. The van der Waals surface area contributed by atoms with Crippen LogP contribution in [0.5, 0.6) is 5.75 Å². The number of rotatable bonds is 11. The van der Waals surface area contributed by atoms with E-state index < -0.39 is 7.82 Å². The predicted molar refractivity (Wildman–Crippen MR) is 78.6 cm³/mol. The van der Waals surface area contributed by atoms with E-state index in [0.717, 1.165) is 19.3 Å². The maximum atomic E-state index is 11.6. The van der Waals surface area contributed by atoms with Crippen molar-refractivity contribution in [2.75, 3.05) is 6.61 Å². The minimum absolute atomic E-state index is 0. The summed E-state index contributed by atoms with van der Waals surface area (Å²) in [6.45, 7) is 2.38. The summed E-state index contributed by atoms with van der Waals surface area (Å²) in [5.74, 6) is 0.283. The molecule has 4 nitrogen and oxygen atoms in total. The van der Waals surface area contributed by atoms with Crippen LogP contribution in [0.25, 0.3) is 0 Å². The van der Waals surface area contributed by atoms with Crippen LogP contribution < -0.4 is 39.0 Å². The average molecular weight is 322 g/mol. The van der Waals surface area contributed by atoms with Gasteiger partial charge in [-0.05, 0) is 18.6 Å². The van der Waals surface area contributed by atoms with Gasteiger partial charge in [-0.1, -0.05) is 63.6 Å². The Morgan fingerprint density at radius 1 is 1.00 bits per heavy atom. The van der Waals surface area contributed by atoms with E-state index in [1.54, 1.807) is 30.3 Å². The van der Waals surface area contributed by atoms with E-state index in [4.69, 9.17) is 9.05 Å². The molecular formula is C15H24NaO4P. The van der Waals surface area contributed by atoms with Crippen LogP contribution in [0, 0.1) is 0 Å². The van der Waals surface area contributed by atoms with Gasteiger partial charge in [-0.2, -0.15) is 0 Å². The molecule has 0 aromatic heterocycles. The molecule has 0 amide bonds. The Bertz CT molecular complexity index is 400. The van der Waals surface area contributed by atoms with Crippen LogP contribution in [-0.4, -0.2) is 6.61 Å². The summed E-state index contributed by atoms with van der Waals surface area (Å²) < 4.78 is 21.2. The Morgan fingerprint density at radius 3 is 2.19 bits per heavy atom. The maximum absolute atomic E-state index is 11.6. The minimum atomic E-state index is -4.23. The molecule has 0 aliphatic rings. The second-order valence-electron chi connectivity index (χ2n) is 4.81. The molecule has 1 aromatic rings. The normalized spacial score (nSPS) is 13.2. The fraction of sp³-hybridized carbons (Fsp3) is 0.600. The summed E-state index contributed by atoms with van der Waals surface area (Å²) in [4.78, 5) is 11.6. The SMILES string of the molecule is CCCCCCCCCOP(=O)([O-])Oc1ccccc1.[Na+]. The zero-order valence-electron chi connectivity index (χ0n) is 13.1. The number of para-hydroxylation sites is 1. The van der Waals surface area contributed by atoms with Gasteiger partial charge in [-0.3, -0.25) is 4.57 Å². The summed E-state index contributed by atoms with van der Waals surface area (Å²) in [5.41, 5.74) is 0. The number of hydrogen-bond acceptors (Lipinski definition) is 4. The molecule has 1 unspecified atom stereocenters. The van der Waals surface area contributed by atoms with Crippen molar-refractivity contribution in [3.8, 4) is 5.75 Å². The van der Waals surface area contributed by atoms with Crippen LogP contribution in [0.2, 0.25) is 0 Å². The molecule has 0 aliphatic heterocycles. The van der Waals surface area contributed by atoms with E-state index in [1.165, 1.54) is 25.7 Å². The summed E-state index contributed by atoms with van der Waals surface area (Å²) in [6, 6.07) is 8.39. The van der Waals surface area contributed by atoms with Gasteiger partial charge in [0.2, 0.25) is 0 Å². The molecule has 0 aliphatic carbocycles. The van der Waals surface area contributed by atoms with Gasteiger partial charge >= 0.3 is 37.4 Å². The number of phosphoric ester groups is 1. The van der Waals surface area contributed by atoms with E-state index in [-0.39, 0.29) is 41.9 Å². The average Bonchev–Trinajstić information content (AvgIpc) is 2.42. The Hall–Kier alpha value is 0.170. The monoisotopic (exact) mass is 322 g/mol. The molecule has 1 rings (SSSR count). The van der Waals surface area contributed by atoms with Crippen molar-refractivity contribution in [1.29, 1.82) is 0 Å². The Balaban J connectivity index is 0.00000400. The number of hydrogen-bond donors (Lipinski definition) is 0. The number of benzene rings is 1. The van der Waals surface area contributed by atoms with Crippen LogP contribution in [-0.2, 0) is 9.09 Å². The van der Waals surface area contributed by atoms with Crippen molar-refractivity contribution in [2.24, 2.45) is 0 Å². The van der Waals surface area contributed by atoms with Crippen LogP contribution >= 0.6 is 7.82 Å². The van der Waals surface area contributed by atoms with Crippen molar-refractivity contribution in [1.82, 2.24) is 0 Å². The van der Waals surface area contributed by atoms with E-state index in [9.17, 15) is 9.46 Å². The fourth-order valence-corrected chi connectivity index (χ4v) is 2.66. The molecule has 0 saturated heterocycles. The van der Waals surface area contributed by atoms with Crippen molar-refractivity contribution < 1.29 is 48.1 Å².